The maximum absolute atomic E-state index is 14.9. The summed E-state index contributed by atoms with van der Waals surface area (Å²) >= 11 is 0. The van der Waals surface area contributed by atoms with Crippen molar-refractivity contribution < 1.29 is 9.13 Å². The van der Waals surface area contributed by atoms with Crippen LogP contribution in [0.5, 0.6) is 5.75 Å². The molecule has 1 nitrogen and oxygen atoms in total. The number of benzene rings is 3. The summed E-state index contributed by atoms with van der Waals surface area (Å²) in [7, 11) is 0. The maximum atomic E-state index is 14.9. The fourth-order valence-corrected chi connectivity index (χ4v) is 5.10. The number of aryl methyl sites for hydroxylation is 2. The van der Waals surface area contributed by atoms with Gasteiger partial charge in [-0.15, -0.1) is 0 Å². The van der Waals surface area contributed by atoms with Crippen molar-refractivity contribution in [2.75, 3.05) is 6.61 Å². The number of allylic oxidation sites excluding steroid dienone is 1. The number of rotatable bonds is 12. The molecule has 2 atom stereocenters. The molecule has 0 saturated heterocycles. The lowest BCUT2D eigenvalue weighted by atomic mass is 9.89. The van der Waals surface area contributed by atoms with E-state index in [2.05, 4.69) is 74.2 Å². The summed E-state index contributed by atoms with van der Waals surface area (Å²) < 4.78 is 21.0. The highest BCUT2D eigenvalue weighted by molar-refractivity contribution is 5.65. The minimum atomic E-state index is -0.217. The van der Waals surface area contributed by atoms with E-state index in [1.807, 2.05) is 24.3 Å². The first-order valence-electron chi connectivity index (χ1n) is 14.9. The van der Waals surface area contributed by atoms with Crippen LogP contribution >= 0.6 is 0 Å². The molecule has 0 amide bonds. The van der Waals surface area contributed by atoms with Gasteiger partial charge in [-0.3, -0.25) is 0 Å². The predicted molar refractivity (Wildman–Crippen MR) is 162 cm³/mol. The molecule has 3 aromatic rings. The Hall–Kier alpha value is -3.31. The third-order valence-corrected chi connectivity index (χ3v) is 7.63. The fraction of sp³-hybridized carbons (Fsp3) is 0.405. The van der Waals surface area contributed by atoms with Crippen LogP contribution in [0.25, 0.3) is 11.1 Å². The topological polar surface area (TPSA) is 9.23 Å². The first-order chi connectivity index (χ1) is 19.1. The first-order valence-corrected chi connectivity index (χ1v) is 14.9. The van der Waals surface area contributed by atoms with Gasteiger partial charge in [0.2, 0.25) is 0 Å². The van der Waals surface area contributed by atoms with Gasteiger partial charge in [-0.1, -0.05) is 106 Å². The summed E-state index contributed by atoms with van der Waals surface area (Å²) in [5, 5.41) is 0. The average molecular weight is 523 g/mol. The molecule has 0 aliphatic heterocycles. The van der Waals surface area contributed by atoms with E-state index in [0.29, 0.717) is 18.1 Å². The van der Waals surface area contributed by atoms with Crippen LogP contribution in [0.2, 0.25) is 0 Å². The van der Waals surface area contributed by atoms with E-state index in [1.54, 1.807) is 6.07 Å². The van der Waals surface area contributed by atoms with Crippen molar-refractivity contribution in [2.45, 2.75) is 78.1 Å². The van der Waals surface area contributed by atoms with Gasteiger partial charge in [-0.05, 0) is 79.5 Å². The van der Waals surface area contributed by atoms with Crippen LogP contribution in [-0.4, -0.2) is 6.61 Å². The molecule has 2 heteroatoms. The molecule has 0 spiro atoms. The van der Waals surface area contributed by atoms with Crippen molar-refractivity contribution in [3.8, 4) is 28.7 Å². The molecule has 0 saturated carbocycles. The molecule has 39 heavy (non-hydrogen) atoms. The summed E-state index contributed by atoms with van der Waals surface area (Å²) in [6.45, 7) is 5.15. The van der Waals surface area contributed by atoms with E-state index in [4.69, 9.17) is 4.74 Å². The SMILES string of the molecule is CCCCCc1ccc(OCC2C=CC(C#Cc3ccc(-c4ccc(CCCCC)cc4)c(F)c3)CC2)cc1. The molecule has 3 aromatic carbocycles. The Labute approximate surface area is 235 Å². The molecule has 204 valence electrons. The number of ether oxygens (including phenoxy) is 1. The zero-order valence-corrected chi connectivity index (χ0v) is 23.7. The molecular weight excluding hydrogens is 479 g/mol. The third kappa shape index (κ3) is 9.14. The van der Waals surface area contributed by atoms with Gasteiger partial charge < -0.3 is 4.74 Å². The summed E-state index contributed by atoms with van der Waals surface area (Å²) in [5.41, 5.74) is 4.97. The molecule has 0 bridgehead atoms. The highest BCUT2D eigenvalue weighted by atomic mass is 19.1. The monoisotopic (exact) mass is 522 g/mol. The molecule has 0 aromatic heterocycles. The Morgan fingerprint density at radius 3 is 2.03 bits per heavy atom. The molecule has 0 fully saturated rings. The van der Waals surface area contributed by atoms with Gasteiger partial charge in [-0.2, -0.15) is 0 Å². The average Bonchev–Trinajstić information content (AvgIpc) is 2.97. The van der Waals surface area contributed by atoms with Crippen molar-refractivity contribution in [2.24, 2.45) is 11.8 Å². The van der Waals surface area contributed by atoms with Crippen molar-refractivity contribution in [1.82, 2.24) is 0 Å². The van der Waals surface area contributed by atoms with Gasteiger partial charge in [0, 0.05) is 23.0 Å². The molecule has 1 aliphatic rings. The molecule has 2 unspecified atom stereocenters. The van der Waals surface area contributed by atoms with Crippen LogP contribution in [0.15, 0.2) is 78.9 Å². The quantitative estimate of drug-likeness (QED) is 0.131. The van der Waals surface area contributed by atoms with Crippen molar-refractivity contribution in [1.29, 1.82) is 0 Å². The standard InChI is InChI=1S/C37H43FO/c1-3-5-7-9-29-17-22-34(23-18-29)36-26-21-32(27-37(36)38)14-11-31-12-15-33(16-13-31)28-39-35-24-19-30(20-25-35)10-8-6-4-2/h12,15,17-27,31,33H,3-10,13,16,28H2,1-2H3. The smallest absolute Gasteiger partial charge is 0.132 e. The van der Waals surface area contributed by atoms with Crippen molar-refractivity contribution in [3.05, 3.63) is 101 Å². The number of halogens is 1. The van der Waals surface area contributed by atoms with Gasteiger partial charge in [-0.25, -0.2) is 4.39 Å². The molecule has 0 radical (unpaired) electrons. The second kappa shape index (κ2) is 15.3. The van der Waals surface area contributed by atoms with Crippen LogP contribution < -0.4 is 4.74 Å². The van der Waals surface area contributed by atoms with Crippen molar-refractivity contribution >= 4 is 0 Å². The molecular formula is C37H43FO. The van der Waals surface area contributed by atoms with Gasteiger partial charge in [0.1, 0.15) is 11.6 Å². The van der Waals surface area contributed by atoms with Crippen LogP contribution in [0, 0.1) is 29.5 Å². The second-order valence-electron chi connectivity index (χ2n) is 10.9. The molecule has 0 heterocycles. The van der Waals surface area contributed by atoms with E-state index >= 15 is 0 Å². The molecule has 1 aliphatic carbocycles. The Kier molecular flexibility index (Phi) is 11.3. The lowest BCUT2D eigenvalue weighted by Gasteiger charge is -2.20. The maximum Gasteiger partial charge on any atom is 0.132 e. The number of unbranched alkanes of at least 4 members (excludes halogenated alkanes) is 4. The summed E-state index contributed by atoms with van der Waals surface area (Å²) in [4.78, 5) is 0. The van der Waals surface area contributed by atoms with Crippen LogP contribution in [0.4, 0.5) is 4.39 Å². The lowest BCUT2D eigenvalue weighted by Crippen LogP contribution is -2.15. The molecule has 0 N–H and O–H groups in total. The fourth-order valence-electron chi connectivity index (χ4n) is 5.10. The Morgan fingerprint density at radius 2 is 1.44 bits per heavy atom. The minimum absolute atomic E-state index is 0.201. The zero-order chi connectivity index (χ0) is 27.3. The lowest BCUT2D eigenvalue weighted by molar-refractivity contribution is 0.260. The van der Waals surface area contributed by atoms with E-state index in [9.17, 15) is 4.39 Å². The highest BCUT2D eigenvalue weighted by Crippen LogP contribution is 2.26. The van der Waals surface area contributed by atoms with Gasteiger partial charge >= 0.3 is 0 Å². The van der Waals surface area contributed by atoms with Crippen molar-refractivity contribution in [3.63, 3.8) is 0 Å². The van der Waals surface area contributed by atoms with E-state index in [0.717, 1.165) is 42.6 Å². The van der Waals surface area contributed by atoms with Crippen LogP contribution in [0.1, 0.15) is 81.9 Å². The Balaban J connectivity index is 1.26. The largest absolute Gasteiger partial charge is 0.493 e. The highest BCUT2D eigenvalue weighted by Gasteiger charge is 2.15. The Bertz CT molecular complexity index is 1240. The predicted octanol–water partition coefficient (Wildman–Crippen LogP) is 9.97. The third-order valence-electron chi connectivity index (χ3n) is 7.63. The first kappa shape index (κ1) is 28.7. The van der Waals surface area contributed by atoms with Crippen LogP contribution in [0.3, 0.4) is 0 Å². The minimum Gasteiger partial charge on any atom is -0.493 e. The number of hydrogen-bond acceptors (Lipinski definition) is 1. The van der Waals surface area contributed by atoms with Gasteiger partial charge in [0.25, 0.3) is 0 Å². The van der Waals surface area contributed by atoms with E-state index in [-0.39, 0.29) is 11.7 Å². The summed E-state index contributed by atoms with van der Waals surface area (Å²) in [6, 6.07) is 22.2. The summed E-state index contributed by atoms with van der Waals surface area (Å²) in [6.07, 6.45) is 16.2. The van der Waals surface area contributed by atoms with Gasteiger partial charge in [0.05, 0.1) is 6.61 Å². The van der Waals surface area contributed by atoms with Crippen LogP contribution in [-0.2, 0) is 12.8 Å². The zero-order valence-electron chi connectivity index (χ0n) is 23.7. The normalized spacial score (nSPS) is 16.5. The Morgan fingerprint density at radius 1 is 0.769 bits per heavy atom. The van der Waals surface area contributed by atoms with Gasteiger partial charge in [0.15, 0.2) is 0 Å². The summed E-state index contributed by atoms with van der Waals surface area (Å²) in [5.74, 6) is 7.86. The number of hydrogen-bond donors (Lipinski definition) is 0. The molecule has 4 rings (SSSR count). The van der Waals surface area contributed by atoms with E-state index < -0.39 is 0 Å². The van der Waals surface area contributed by atoms with E-state index in [1.165, 1.54) is 49.7 Å². The second-order valence-corrected chi connectivity index (χ2v) is 10.9.